The van der Waals surface area contributed by atoms with Gasteiger partial charge in [-0.3, -0.25) is 9.59 Å². The highest BCUT2D eigenvalue weighted by atomic mass is 19.1. The summed E-state index contributed by atoms with van der Waals surface area (Å²) in [6, 6.07) is 19.0. The van der Waals surface area contributed by atoms with Crippen molar-refractivity contribution in [3.8, 4) is 22.7 Å². The number of nitrogen functional groups attached to an aromatic ring is 1. The van der Waals surface area contributed by atoms with Crippen LogP contribution in [0.2, 0.25) is 0 Å². The molecule has 2 amide bonds. The Morgan fingerprint density at radius 1 is 1.07 bits per heavy atom. The quantitative estimate of drug-likeness (QED) is 0.268. The molecule has 1 saturated heterocycles. The predicted octanol–water partition coefficient (Wildman–Crippen LogP) is 3.77. The van der Waals surface area contributed by atoms with Crippen LogP contribution in [-0.4, -0.2) is 41.8 Å². The summed E-state index contributed by atoms with van der Waals surface area (Å²) in [6.07, 6.45) is 2.19. The van der Waals surface area contributed by atoms with Crippen LogP contribution in [0.1, 0.15) is 50.6 Å². The van der Waals surface area contributed by atoms with Crippen molar-refractivity contribution in [2.24, 2.45) is 5.73 Å². The molecule has 3 aromatic carbocycles. The van der Waals surface area contributed by atoms with Gasteiger partial charge in [-0.05, 0) is 73.3 Å². The van der Waals surface area contributed by atoms with Gasteiger partial charge in [0.15, 0.2) is 0 Å². The molecule has 9 nitrogen and oxygen atoms in total. The zero-order chi connectivity index (χ0) is 28.2. The second kappa shape index (κ2) is 11.6. The second-order valence-electron chi connectivity index (χ2n) is 9.72. The van der Waals surface area contributed by atoms with E-state index in [1.165, 1.54) is 29.5 Å². The molecule has 0 unspecified atom stereocenters. The summed E-state index contributed by atoms with van der Waals surface area (Å²) in [6.45, 7) is 2.22. The van der Waals surface area contributed by atoms with E-state index < -0.39 is 17.6 Å². The van der Waals surface area contributed by atoms with Crippen LogP contribution in [-0.2, 0) is 6.54 Å². The van der Waals surface area contributed by atoms with E-state index in [1.54, 1.807) is 24.3 Å². The summed E-state index contributed by atoms with van der Waals surface area (Å²) in [7, 11) is 1.42. The van der Waals surface area contributed by atoms with E-state index in [4.69, 9.17) is 16.2 Å². The van der Waals surface area contributed by atoms with E-state index in [0.29, 0.717) is 17.2 Å². The highest BCUT2D eigenvalue weighted by Crippen LogP contribution is 2.31. The summed E-state index contributed by atoms with van der Waals surface area (Å²) in [5, 5.41) is 10.8. The lowest BCUT2D eigenvalue weighted by molar-refractivity contribution is 0.0946. The number of methoxy groups -OCH3 is 1. The number of hydrogen-bond donors (Lipinski definition) is 4. The van der Waals surface area contributed by atoms with Crippen LogP contribution in [0.5, 0.6) is 5.75 Å². The minimum absolute atomic E-state index is 0.106. The fourth-order valence-corrected chi connectivity index (χ4v) is 5.03. The van der Waals surface area contributed by atoms with E-state index in [2.05, 4.69) is 27.9 Å². The number of rotatable bonds is 8. The van der Waals surface area contributed by atoms with Crippen molar-refractivity contribution in [2.45, 2.75) is 25.3 Å². The lowest BCUT2D eigenvalue weighted by Crippen LogP contribution is -2.26. The van der Waals surface area contributed by atoms with Crippen molar-refractivity contribution in [3.05, 3.63) is 94.8 Å². The third kappa shape index (κ3) is 5.52. The summed E-state index contributed by atoms with van der Waals surface area (Å²) >= 11 is 0. The normalized spacial score (nSPS) is 13.7. The Bertz CT molecular complexity index is 1530. The molecule has 6 N–H and O–H groups in total. The van der Waals surface area contributed by atoms with Gasteiger partial charge in [0.2, 0.25) is 0 Å². The monoisotopic (exact) mass is 542 g/mol. The Morgan fingerprint density at radius 2 is 1.77 bits per heavy atom. The lowest BCUT2D eigenvalue weighted by atomic mass is 9.90. The van der Waals surface area contributed by atoms with Gasteiger partial charge in [0.25, 0.3) is 11.8 Å². The standard InChI is InChI=1S/C30H31FN6O3/c1-40-25-11-8-22(31)16-24(25)30(39)35-17-18-2-4-21(5-3-18)27-26(29(33)38)28(32)37(36-27)23-9-6-19(7-10-23)20-12-14-34-15-13-20/h2-11,16,20,34H,12-15,17,32H2,1H3,(H2,33,38)(H,35,39). The molecule has 1 aliphatic rings. The van der Waals surface area contributed by atoms with Crippen LogP contribution in [0.3, 0.4) is 0 Å². The largest absolute Gasteiger partial charge is 0.496 e. The molecular weight excluding hydrogens is 511 g/mol. The molecule has 0 radical (unpaired) electrons. The summed E-state index contributed by atoms with van der Waals surface area (Å²) in [5.74, 6) is -0.711. The average molecular weight is 543 g/mol. The van der Waals surface area contributed by atoms with Crippen molar-refractivity contribution in [2.75, 3.05) is 25.9 Å². The molecule has 1 fully saturated rings. The number of carbonyl (C=O) groups is 2. The first-order valence-electron chi connectivity index (χ1n) is 13.1. The first kappa shape index (κ1) is 26.9. The van der Waals surface area contributed by atoms with E-state index in [1.807, 2.05) is 12.1 Å². The van der Waals surface area contributed by atoms with Gasteiger partial charge in [-0.25, -0.2) is 9.07 Å². The van der Waals surface area contributed by atoms with E-state index in [0.717, 1.165) is 43.2 Å². The van der Waals surface area contributed by atoms with Crippen molar-refractivity contribution >= 4 is 17.6 Å². The molecule has 1 aliphatic heterocycles. The van der Waals surface area contributed by atoms with Crippen LogP contribution >= 0.6 is 0 Å². The third-order valence-electron chi connectivity index (χ3n) is 7.20. The number of halogens is 1. The first-order valence-corrected chi connectivity index (χ1v) is 13.1. The van der Waals surface area contributed by atoms with E-state index >= 15 is 0 Å². The van der Waals surface area contributed by atoms with Gasteiger partial charge in [0.1, 0.15) is 28.6 Å². The molecule has 5 rings (SSSR count). The number of carbonyl (C=O) groups excluding carboxylic acids is 2. The van der Waals surface area contributed by atoms with Crippen molar-refractivity contribution in [1.29, 1.82) is 0 Å². The molecule has 0 spiro atoms. The minimum atomic E-state index is -0.676. The van der Waals surface area contributed by atoms with Gasteiger partial charge in [0, 0.05) is 12.1 Å². The zero-order valence-corrected chi connectivity index (χ0v) is 22.1. The van der Waals surface area contributed by atoms with Gasteiger partial charge in [-0.2, -0.15) is 5.10 Å². The number of piperidine rings is 1. The number of amides is 2. The number of aromatic nitrogens is 2. The second-order valence-corrected chi connectivity index (χ2v) is 9.72. The molecule has 2 heterocycles. The predicted molar refractivity (Wildman–Crippen MR) is 151 cm³/mol. The highest BCUT2D eigenvalue weighted by Gasteiger charge is 2.23. The number of anilines is 1. The summed E-state index contributed by atoms with van der Waals surface area (Å²) in [4.78, 5) is 25.0. The van der Waals surface area contributed by atoms with E-state index in [-0.39, 0.29) is 29.2 Å². The summed E-state index contributed by atoms with van der Waals surface area (Å²) in [5.41, 5.74) is 16.1. The number of nitrogens with one attached hydrogen (secondary N) is 2. The Kier molecular flexibility index (Phi) is 7.79. The molecule has 40 heavy (non-hydrogen) atoms. The Morgan fingerprint density at radius 3 is 2.42 bits per heavy atom. The third-order valence-corrected chi connectivity index (χ3v) is 7.20. The van der Waals surface area contributed by atoms with Gasteiger partial charge in [0.05, 0.1) is 18.4 Å². The molecule has 0 aliphatic carbocycles. The number of nitrogens with zero attached hydrogens (tertiary/aromatic N) is 2. The average Bonchev–Trinajstić information content (AvgIpc) is 3.33. The molecule has 4 aromatic rings. The molecule has 10 heteroatoms. The maximum absolute atomic E-state index is 13.6. The molecular formula is C30H31FN6O3. The molecule has 0 saturated carbocycles. The van der Waals surface area contributed by atoms with Gasteiger partial charge >= 0.3 is 0 Å². The van der Waals surface area contributed by atoms with Crippen LogP contribution in [0.25, 0.3) is 16.9 Å². The van der Waals surface area contributed by atoms with Crippen molar-refractivity contribution in [3.63, 3.8) is 0 Å². The minimum Gasteiger partial charge on any atom is -0.496 e. The van der Waals surface area contributed by atoms with Gasteiger partial charge < -0.3 is 26.8 Å². The highest BCUT2D eigenvalue weighted by molar-refractivity contribution is 6.03. The van der Waals surface area contributed by atoms with Crippen LogP contribution < -0.4 is 26.8 Å². The van der Waals surface area contributed by atoms with Crippen molar-refractivity contribution < 1.29 is 18.7 Å². The van der Waals surface area contributed by atoms with Gasteiger partial charge in [-0.1, -0.05) is 36.4 Å². The topological polar surface area (TPSA) is 137 Å². The molecule has 0 bridgehead atoms. The molecule has 206 valence electrons. The fraction of sp³-hybridized carbons (Fsp3) is 0.233. The van der Waals surface area contributed by atoms with Crippen LogP contribution in [0, 0.1) is 5.82 Å². The van der Waals surface area contributed by atoms with Gasteiger partial charge in [-0.15, -0.1) is 0 Å². The molecule has 0 atom stereocenters. The van der Waals surface area contributed by atoms with E-state index in [9.17, 15) is 14.0 Å². The fourth-order valence-electron chi connectivity index (χ4n) is 5.03. The summed E-state index contributed by atoms with van der Waals surface area (Å²) < 4.78 is 20.3. The zero-order valence-electron chi connectivity index (χ0n) is 22.1. The number of hydrogen-bond acceptors (Lipinski definition) is 6. The Labute approximate surface area is 231 Å². The maximum Gasteiger partial charge on any atom is 0.255 e. The Hall–Kier alpha value is -4.70. The number of benzene rings is 3. The smallest absolute Gasteiger partial charge is 0.255 e. The Balaban J connectivity index is 1.35. The number of ether oxygens (including phenoxy) is 1. The SMILES string of the molecule is COc1ccc(F)cc1C(=O)NCc1ccc(-c2nn(-c3ccc(C4CCNCC4)cc3)c(N)c2C(N)=O)cc1. The van der Waals surface area contributed by atoms with Crippen molar-refractivity contribution in [1.82, 2.24) is 20.4 Å². The first-order chi connectivity index (χ1) is 19.4. The number of primary amides is 1. The maximum atomic E-state index is 13.6. The number of nitrogens with two attached hydrogens (primary N) is 2. The van der Waals surface area contributed by atoms with Crippen LogP contribution in [0.4, 0.5) is 10.2 Å². The lowest BCUT2D eigenvalue weighted by Gasteiger charge is -2.23. The van der Waals surface area contributed by atoms with Crippen LogP contribution in [0.15, 0.2) is 66.7 Å². The molecule has 1 aromatic heterocycles.